The maximum Gasteiger partial charge on any atom is 0.210 e. The third-order valence-corrected chi connectivity index (χ3v) is 4.40. The Kier molecular flexibility index (Phi) is 5.22. The van der Waals surface area contributed by atoms with Gasteiger partial charge in [0.2, 0.25) is 5.16 Å². The van der Waals surface area contributed by atoms with Gasteiger partial charge in [-0.3, -0.25) is 0 Å². The van der Waals surface area contributed by atoms with Gasteiger partial charge in [-0.15, -0.1) is 10.2 Å². The summed E-state index contributed by atoms with van der Waals surface area (Å²) in [6.45, 7) is 0.452. The number of aromatic nitrogens is 3. The summed E-state index contributed by atoms with van der Waals surface area (Å²) in [7, 11) is 0. The van der Waals surface area contributed by atoms with Gasteiger partial charge in [0.25, 0.3) is 0 Å². The SMILES string of the molecule is Nn1c(SCCOc2ccccc2Cl)nnc1-c1ccc(F)cc1. The van der Waals surface area contributed by atoms with E-state index in [1.807, 2.05) is 18.2 Å². The van der Waals surface area contributed by atoms with Crippen molar-refractivity contribution >= 4 is 23.4 Å². The number of thioether (sulfide) groups is 1. The first kappa shape index (κ1) is 16.6. The molecule has 5 nitrogen and oxygen atoms in total. The van der Waals surface area contributed by atoms with Gasteiger partial charge < -0.3 is 10.6 Å². The summed E-state index contributed by atoms with van der Waals surface area (Å²) in [4.78, 5) is 0. The van der Waals surface area contributed by atoms with Gasteiger partial charge in [0, 0.05) is 11.3 Å². The Balaban J connectivity index is 1.58. The number of nitrogens with zero attached hydrogens (tertiary/aromatic N) is 3. The standard InChI is InChI=1S/C16H14ClFN4OS/c17-13-3-1-2-4-14(13)23-9-10-24-16-21-20-15(22(16)19)11-5-7-12(18)8-6-11/h1-8H,9-10,19H2. The summed E-state index contributed by atoms with van der Waals surface area (Å²) >= 11 is 7.44. The second kappa shape index (κ2) is 7.55. The molecule has 0 aliphatic carbocycles. The largest absolute Gasteiger partial charge is 0.491 e. The molecule has 0 saturated carbocycles. The molecule has 124 valence electrons. The topological polar surface area (TPSA) is 66.0 Å². The Labute approximate surface area is 147 Å². The zero-order valence-corrected chi connectivity index (χ0v) is 14.1. The van der Waals surface area contributed by atoms with Crippen LogP contribution in [0.25, 0.3) is 11.4 Å². The predicted octanol–water partition coefficient (Wildman–Crippen LogP) is 3.62. The zero-order valence-electron chi connectivity index (χ0n) is 12.5. The van der Waals surface area contributed by atoms with Crippen molar-refractivity contribution in [2.75, 3.05) is 18.2 Å². The molecule has 0 fully saturated rings. The molecule has 0 spiro atoms. The molecule has 0 aliphatic heterocycles. The summed E-state index contributed by atoms with van der Waals surface area (Å²) in [5.41, 5.74) is 0.700. The van der Waals surface area contributed by atoms with E-state index in [9.17, 15) is 4.39 Å². The van der Waals surface area contributed by atoms with E-state index in [-0.39, 0.29) is 5.82 Å². The van der Waals surface area contributed by atoms with Crippen LogP contribution in [-0.4, -0.2) is 27.2 Å². The molecule has 0 atom stereocenters. The third kappa shape index (κ3) is 3.80. The van der Waals surface area contributed by atoms with Crippen LogP contribution in [0.2, 0.25) is 5.02 Å². The van der Waals surface area contributed by atoms with Gasteiger partial charge in [0.1, 0.15) is 11.6 Å². The van der Waals surface area contributed by atoms with Crippen LogP contribution in [0.15, 0.2) is 53.7 Å². The molecule has 1 heterocycles. The van der Waals surface area contributed by atoms with E-state index in [2.05, 4.69) is 10.2 Å². The Morgan fingerprint density at radius 3 is 2.62 bits per heavy atom. The van der Waals surface area contributed by atoms with E-state index in [1.165, 1.54) is 28.6 Å². The van der Waals surface area contributed by atoms with Gasteiger partial charge in [-0.2, -0.15) is 0 Å². The fraction of sp³-hybridized carbons (Fsp3) is 0.125. The van der Waals surface area contributed by atoms with Gasteiger partial charge in [-0.05, 0) is 36.4 Å². The zero-order chi connectivity index (χ0) is 16.9. The van der Waals surface area contributed by atoms with Crippen molar-refractivity contribution in [1.82, 2.24) is 14.9 Å². The van der Waals surface area contributed by atoms with Crippen LogP contribution in [0.3, 0.4) is 0 Å². The number of halogens is 2. The number of nitrogen functional groups attached to an aromatic ring is 1. The Morgan fingerprint density at radius 2 is 1.88 bits per heavy atom. The molecule has 8 heteroatoms. The quantitative estimate of drug-likeness (QED) is 0.411. The minimum absolute atomic E-state index is 0.312. The molecular weight excluding hydrogens is 351 g/mol. The highest BCUT2D eigenvalue weighted by Crippen LogP contribution is 2.24. The third-order valence-electron chi connectivity index (χ3n) is 3.18. The Morgan fingerprint density at radius 1 is 1.12 bits per heavy atom. The van der Waals surface area contributed by atoms with Crippen molar-refractivity contribution in [2.24, 2.45) is 0 Å². The average Bonchev–Trinajstić information content (AvgIpc) is 2.95. The minimum atomic E-state index is -0.312. The van der Waals surface area contributed by atoms with Crippen LogP contribution in [-0.2, 0) is 0 Å². The second-order valence-corrected chi connectivity index (χ2v) is 6.28. The van der Waals surface area contributed by atoms with E-state index >= 15 is 0 Å². The summed E-state index contributed by atoms with van der Waals surface area (Å²) in [6, 6.07) is 13.2. The molecule has 1 aromatic heterocycles. The van der Waals surface area contributed by atoms with Crippen LogP contribution in [0.5, 0.6) is 5.75 Å². The van der Waals surface area contributed by atoms with Crippen molar-refractivity contribution in [2.45, 2.75) is 5.16 Å². The van der Waals surface area contributed by atoms with Gasteiger partial charge in [0.15, 0.2) is 5.82 Å². The van der Waals surface area contributed by atoms with Crippen LogP contribution in [0, 0.1) is 5.82 Å². The monoisotopic (exact) mass is 364 g/mol. The molecule has 0 unspecified atom stereocenters. The molecule has 2 N–H and O–H groups in total. The lowest BCUT2D eigenvalue weighted by molar-refractivity contribution is 0.344. The molecule has 3 aromatic rings. The number of ether oxygens (including phenoxy) is 1. The molecule has 3 rings (SSSR count). The second-order valence-electron chi connectivity index (χ2n) is 4.81. The van der Waals surface area contributed by atoms with Gasteiger partial charge >= 0.3 is 0 Å². The summed E-state index contributed by atoms with van der Waals surface area (Å²) in [5, 5.41) is 9.23. The highest BCUT2D eigenvalue weighted by Gasteiger charge is 2.12. The van der Waals surface area contributed by atoms with E-state index in [1.54, 1.807) is 18.2 Å². The molecule has 2 aromatic carbocycles. The molecule has 0 saturated heterocycles. The first-order valence-electron chi connectivity index (χ1n) is 7.11. The molecule has 0 amide bonds. The van der Waals surface area contributed by atoms with Crippen molar-refractivity contribution in [3.8, 4) is 17.1 Å². The summed E-state index contributed by atoms with van der Waals surface area (Å²) in [6.07, 6.45) is 0. The number of para-hydroxylation sites is 1. The first-order valence-corrected chi connectivity index (χ1v) is 8.48. The number of benzene rings is 2. The lowest BCUT2D eigenvalue weighted by Crippen LogP contribution is -2.12. The molecule has 0 radical (unpaired) electrons. The van der Waals surface area contributed by atoms with Gasteiger partial charge in [-0.25, -0.2) is 9.07 Å². The lowest BCUT2D eigenvalue weighted by atomic mass is 10.2. The predicted molar refractivity (Wildman–Crippen MR) is 93.2 cm³/mol. The highest BCUT2D eigenvalue weighted by atomic mass is 35.5. The number of hydrogen-bond donors (Lipinski definition) is 1. The molecule has 0 aliphatic rings. The lowest BCUT2D eigenvalue weighted by Gasteiger charge is -2.07. The molecule has 24 heavy (non-hydrogen) atoms. The van der Waals surface area contributed by atoms with Crippen molar-refractivity contribution < 1.29 is 9.13 Å². The van der Waals surface area contributed by atoms with Gasteiger partial charge in [-0.1, -0.05) is 35.5 Å². The van der Waals surface area contributed by atoms with E-state index < -0.39 is 0 Å². The van der Waals surface area contributed by atoms with E-state index in [4.69, 9.17) is 22.2 Å². The summed E-state index contributed by atoms with van der Waals surface area (Å²) in [5.74, 6) is 7.44. The highest BCUT2D eigenvalue weighted by molar-refractivity contribution is 7.99. The van der Waals surface area contributed by atoms with Crippen LogP contribution >= 0.6 is 23.4 Å². The molecular formula is C16H14ClFN4OS. The normalized spacial score (nSPS) is 10.8. The van der Waals surface area contributed by atoms with E-state index in [0.717, 1.165) is 0 Å². The van der Waals surface area contributed by atoms with Crippen molar-refractivity contribution in [3.63, 3.8) is 0 Å². The maximum atomic E-state index is 13.0. The van der Waals surface area contributed by atoms with Gasteiger partial charge in [0.05, 0.1) is 11.6 Å². The number of nitrogens with two attached hydrogens (primary N) is 1. The van der Waals surface area contributed by atoms with Crippen molar-refractivity contribution in [1.29, 1.82) is 0 Å². The van der Waals surface area contributed by atoms with Crippen LogP contribution in [0.4, 0.5) is 4.39 Å². The molecule has 0 bridgehead atoms. The smallest absolute Gasteiger partial charge is 0.210 e. The van der Waals surface area contributed by atoms with Crippen LogP contribution in [0.1, 0.15) is 0 Å². The Hall–Kier alpha value is -2.25. The number of rotatable bonds is 6. The van der Waals surface area contributed by atoms with E-state index in [0.29, 0.717) is 39.7 Å². The van der Waals surface area contributed by atoms with Crippen LogP contribution < -0.4 is 10.6 Å². The number of hydrogen-bond acceptors (Lipinski definition) is 5. The van der Waals surface area contributed by atoms with Crippen molar-refractivity contribution in [3.05, 3.63) is 59.4 Å². The fourth-order valence-electron chi connectivity index (χ4n) is 2.02. The average molecular weight is 365 g/mol. The Bertz CT molecular complexity index is 825. The summed E-state index contributed by atoms with van der Waals surface area (Å²) < 4.78 is 20.0. The maximum absolute atomic E-state index is 13.0. The fourth-order valence-corrected chi connectivity index (χ4v) is 2.88. The first-order chi connectivity index (χ1) is 11.6. The minimum Gasteiger partial charge on any atom is -0.491 e.